The first kappa shape index (κ1) is 15.2. The van der Waals surface area contributed by atoms with Crippen LogP contribution < -0.4 is 15.2 Å². The maximum atomic E-state index is 7.53. The quantitative estimate of drug-likeness (QED) is 0.636. The Bertz CT molecular complexity index is 627. The molecule has 4 nitrogen and oxygen atoms in total. The first-order valence-electron chi connectivity index (χ1n) is 6.50. The van der Waals surface area contributed by atoms with Crippen molar-refractivity contribution in [3.63, 3.8) is 0 Å². The van der Waals surface area contributed by atoms with E-state index in [2.05, 4.69) is 0 Å². The van der Waals surface area contributed by atoms with Gasteiger partial charge in [-0.2, -0.15) is 0 Å². The number of methoxy groups -OCH3 is 1. The molecule has 2 aromatic rings. The molecule has 0 fully saturated rings. The summed E-state index contributed by atoms with van der Waals surface area (Å²) in [5.41, 5.74) is 7.22. The Hall–Kier alpha value is -2.20. The summed E-state index contributed by atoms with van der Waals surface area (Å²) in [4.78, 5) is 0. The van der Waals surface area contributed by atoms with Crippen LogP contribution in [-0.4, -0.2) is 19.6 Å². The normalized spacial score (nSPS) is 10.2. The van der Waals surface area contributed by atoms with Crippen molar-refractivity contribution in [1.29, 1.82) is 5.41 Å². The minimum absolute atomic E-state index is 0.0360. The number of nitrogens with two attached hydrogens (primary N) is 1. The molecule has 0 unspecified atom stereocenters. The Morgan fingerprint density at radius 1 is 1.19 bits per heavy atom. The van der Waals surface area contributed by atoms with E-state index in [1.165, 1.54) is 0 Å². The first-order chi connectivity index (χ1) is 10.1. The van der Waals surface area contributed by atoms with E-state index in [1.807, 2.05) is 24.3 Å². The van der Waals surface area contributed by atoms with Gasteiger partial charge in [-0.3, -0.25) is 5.41 Å². The molecule has 0 spiro atoms. The zero-order valence-electron chi connectivity index (χ0n) is 11.7. The molecule has 0 radical (unpaired) electrons. The number of rotatable bonds is 6. The highest BCUT2D eigenvalue weighted by molar-refractivity contribution is 6.30. The van der Waals surface area contributed by atoms with Crippen LogP contribution in [0.4, 0.5) is 0 Å². The third kappa shape index (κ3) is 4.13. The van der Waals surface area contributed by atoms with Gasteiger partial charge in [-0.1, -0.05) is 23.7 Å². The number of benzene rings is 2. The molecule has 21 heavy (non-hydrogen) atoms. The molecule has 2 rings (SSSR count). The minimum Gasteiger partial charge on any atom is -0.497 e. The molecule has 0 bridgehead atoms. The van der Waals surface area contributed by atoms with Gasteiger partial charge in [0.1, 0.15) is 17.3 Å². The molecular formula is C16H17ClN2O2. The van der Waals surface area contributed by atoms with Crippen LogP contribution in [0.2, 0.25) is 5.02 Å². The second-order valence-corrected chi connectivity index (χ2v) is 4.94. The third-order valence-electron chi connectivity index (χ3n) is 3.04. The summed E-state index contributed by atoms with van der Waals surface area (Å²) in [6.45, 7) is 0.479. The summed E-state index contributed by atoms with van der Waals surface area (Å²) in [6.07, 6.45) is 0.744. The van der Waals surface area contributed by atoms with Gasteiger partial charge in [-0.15, -0.1) is 0 Å². The molecule has 0 heterocycles. The molecule has 0 aliphatic heterocycles. The molecule has 0 aliphatic rings. The highest BCUT2D eigenvalue weighted by Gasteiger charge is 2.07. The van der Waals surface area contributed by atoms with Crippen LogP contribution in [-0.2, 0) is 6.42 Å². The SMILES string of the molecule is COc1ccc(CCOc2cc(Cl)ccc2C(=N)N)cc1. The van der Waals surface area contributed by atoms with E-state index in [9.17, 15) is 0 Å². The van der Waals surface area contributed by atoms with Crippen molar-refractivity contribution in [3.8, 4) is 11.5 Å². The second-order valence-electron chi connectivity index (χ2n) is 4.50. The van der Waals surface area contributed by atoms with Crippen LogP contribution in [0.25, 0.3) is 0 Å². The van der Waals surface area contributed by atoms with Gasteiger partial charge in [0, 0.05) is 11.4 Å². The molecule has 2 aromatic carbocycles. The zero-order valence-corrected chi connectivity index (χ0v) is 12.5. The summed E-state index contributed by atoms with van der Waals surface area (Å²) in [5.74, 6) is 1.32. The fourth-order valence-electron chi connectivity index (χ4n) is 1.91. The van der Waals surface area contributed by atoms with Crippen LogP contribution in [0, 0.1) is 5.41 Å². The summed E-state index contributed by atoms with van der Waals surface area (Å²) in [6, 6.07) is 12.9. The molecule has 0 amide bonds. The molecule has 0 saturated carbocycles. The van der Waals surface area contributed by atoms with Crippen LogP contribution in [0.5, 0.6) is 11.5 Å². The maximum Gasteiger partial charge on any atom is 0.131 e. The standard InChI is InChI=1S/C16H17ClN2O2/c1-20-13-5-2-11(3-6-13)8-9-21-15-10-12(17)4-7-14(15)16(18)19/h2-7,10H,8-9H2,1H3,(H3,18,19). The largest absolute Gasteiger partial charge is 0.497 e. The number of ether oxygens (including phenoxy) is 2. The van der Waals surface area contributed by atoms with Crippen molar-refractivity contribution in [2.24, 2.45) is 5.73 Å². The topological polar surface area (TPSA) is 68.3 Å². The molecule has 0 aliphatic carbocycles. The molecule has 0 aromatic heterocycles. The van der Waals surface area contributed by atoms with Crippen LogP contribution in [0.3, 0.4) is 0 Å². The average Bonchev–Trinajstić information content (AvgIpc) is 2.48. The highest BCUT2D eigenvalue weighted by Crippen LogP contribution is 2.23. The molecule has 5 heteroatoms. The van der Waals surface area contributed by atoms with Crippen LogP contribution in [0.1, 0.15) is 11.1 Å². The Morgan fingerprint density at radius 2 is 1.90 bits per heavy atom. The van der Waals surface area contributed by atoms with E-state index >= 15 is 0 Å². The first-order valence-corrected chi connectivity index (χ1v) is 6.87. The van der Waals surface area contributed by atoms with E-state index in [0.717, 1.165) is 17.7 Å². The van der Waals surface area contributed by atoms with Crippen molar-refractivity contribution in [2.45, 2.75) is 6.42 Å². The van der Waals surface area contributed by atoms with Crippen molar-refractivity contribution in [3.05, 3.63) is 58.6 Å². The molecule has 3 N–H and O–H groups in total. The molecule has 0 atom stereocenters. The number of nitrogen functional groups attached to an aromatic ring is 1. The lowest BCUT2D eigenvalue weighted by Gasteiger charge is -2.11. The number of hydrogen-bond acceptors (Lipinski definition) is 3. The van der Waals surface area contributed by atoms with E-state index in [-0.39, 0.29) is 5.84 Å². The van der Waals surface area contributed by atoms with Crippen molar-refractivity contribution >= 4 is 17.4 Å². The number of nitrogens with one attached hydrogen (secondary N) is 1. The van der Waals surface area contributed by atoms with Gasteiger partial charge >= 0.3 is 0 Å². The van der Waals surface area contributed by atoms with Crippen molar-refractivity contribution < 1.29 is 9.47 Å². The predicted octanol–water partition coefficient (Wildman–Crippen LogP) is 3.25. The summed E-state index contributed by atoms with van der Waals surface area (Å²) in [5, 5.41) is 8.09. The molecular weight excluding hydrogens is 288 g/mol. The summed E-state index contributed by atoms with van der Waals surface area (Å²) >= 11 is 5.95. The van der Waals surface area contributed by atoms with Gasteiger partial charge in [-0.25, -0.2) is 0 Å². The molecule has 0 saturated heterocycles. The number of hydrogen-bond donors (Lipinski definition) is 2. The fourth-order valence-corrected chi connectivity index (χ4v) is 2.07. The van der Waals surface area contributed by atoms with Gasteiger partial charge < -0.3 is 15.2 Å². The van der Waals surface area contributed by atoms with Crippen LogP contribution >= 0.6 is 11.6 Å². The van der Waals surface area contributed by atoms with Gasteiger partial charge in [-0.05, 0) is 35.9 Å². The summed E-state index contributed by atoms with van der Waals surface area (Å²) < 4.78 is 10.8. The highest BCUT2D eigenvalue weighted by atomic mass is 35.5. The lowest BCUT2D eigenvalue weighted by atomic mass is 10.1. The minimum atomic E-state index is -0.0360. The van der Waals surface area contributed by atoms with E-state index in [4.69, 9.17) is 32.2 Å². The third-order valence-corrected chi connectivity index (χ3v) is 3.28. The van der Waals surface area contributed by atoms with E-state index in [0.29, 0.717) is 22.9 Å². The van der Waals surface area contributed by atoms with Crippen molar-refractivity contribution in [2.75, 3.05) is 13.7 Å². The summed E-state index contributed by atoms with van der Waals surface area (Å²) in [7, 11) is 1.64. The Morgan fingerprint density at radius 3 is 2.52 bits per heavy atom. The van der Waals surface area contributed by atoms with Gasteiger partial charge in [0.05, 0.1) is 19.3 Å². The van der Waals surface area contributed by atoms with E-state index in [1.54, 1.807) is 25.3 Å². The lowest BCUT2D eigenvalue weighted by Crippen LogP contribution is -2.14. The van der Waals surface area contributed by atoms with Crippen LogP contribution in [0.15, 0.2) is 42.5 Å². The smallest absolute Gasteiger partial charge is 0.131 e. The van der Waals surface area contributed by atoms with Gasteiger partial charge in [0.2, 0.25) is 0 Å². The van der Waals surface area contributed by atoms with Gasteiger partial charge in [0.25, 0.3) is 0 Å². The second kappa shape index (κ2) is 6.99. The van der Waals surface area contributed by atoms with Crippen molar-refractivity contribution in [1.82, 2.24) is 0 Å². The Kier molecular flexibility index (Phi) is 5.06. The Balaban J connectivity index is 1.99. The zero-order chi connectivity index (χ0) is 15.2. The van der Waals surface area contributed by atoms with Gasteiger partial charge in [0.15, 0.2) is 0 Å². The Labute approximate surface area is 129 Å². The fraction of sp³-hybridized carbons (Fsp3) is 0.188. The number of halogens is 1. The monoisotopic (exact) mass is 304 g/mol. The maximum absolute atomic E-state index is 7.53. The predicted molar refractivity (Wildman–Crippen MR) is 84.7 cm³/mol. The number of amidine groups is 1. The van der Waals surface area contributed by atoms with E-state index < -0.39 is 0 Å². The lowest BCUT2D eigenvalue weighted by molar-refractivity contribution is 0.321. The molecule has 110 valence electrons. The average molecular weight is 305 g/mol.